The second-order valence-corrected chi connectivity index (χ2v) is 7.47. The Kier molecular flexibility index (Phi) is 4.36. The maximum atomic E-state index is 12.2. The Morgan fingerprint density at radius 2 is 1.90 bits per heavy atom. The minimum atomic E-state index is -3.56. The Hall–Kier alpha value is -1.44. The lowest BCUT2D eigenvalue weighted by molar-refractivity contribution is 0.0898. The number of nitrogens with two attached hydrogens (primary N) is 2. The van der Waals surface area contributed by atoms with Crippen molar-refractivity contribution in [3.63, 3.8) is 0 Å². The van der Waals surface area contributed by atoms with Gasteiger partial charge in [0.1, 0.15) is 0 Å². The van der Waals surface area contributed by atoms with Crippen molar-refractivity contribution in [2.24, 2.45) is 16.8 Å². The molecule has 1 saturated carbocycles. The van der Waals surface area contributed by atoms with Gasteiger partial charge in [-0.25, -0.2) is 13.6 Å². The number of nitrogens with one attached hydrogen (secondary N) is 1. The number of primary sulfonamides is 1. The zero-order valence-corrected chi connectivity index (χ0v) is 12.8. The summed E-state index contributed by atoms with van der Waals surface area (Å²) in [7, 11) is -3.56. The van der Waals surface area contributed by atoms with E-state index >= 15 is 0 Å². The van der Waals surface area contributed by atoms with Crippen LogP contribution in [0, 0.1) is 5.92 Å². The van der Waals surface area contributed by atoms with Gasteiger partial charge in [-0.1, -0.05) is 12.1 Å². The molecule has 7 heteroatoms. The van der Waals surface area contributed by atoms with Gasteiger partial charge in [-0.05, 0) is 43.4 Å². The van der Waals surface area contributed by atoms with Crippen molar-refractivity contribution in [3.05, 3.63) is 35.4 Å². The molecule has 1 fully saturated rings. The van der Waals surface area contributed by atoms with Gasteiger partial charge >= 0.3 is 0 Å². The number of carbonyl (C=O) groups is 1. The highest BCUT2D eigenvalue weighted by atomic mass is 32.2. The number of amides is 1. The summed E-state index contributed by atoms with van der Waals surface area (Å²) in [5.41, 5.74) is 6.43. The van der Waals surface area contributed by atoms with Gasteiger partial charge in [-0.3, -0.25) is 4.79 Å². The van der Waals surface area contributed by atoms with E-state index in [1.54, 1.807) is 24.3 Å². The molecule has 0 bridgehead atoms. The molecular weight excluding hydrogens is 290 g/mol. The van der Waals surface area contributed by atoms with E-state index in [4.69, 9.17) is 10.9 Å². The lowest BCUT2D eigenvalue weighted by atomic mass is 9.95. The predicted octanol–water partition coefficient (Wildman–Crippen LogP) is 0.332. The minimum absolute atomic E-state index is 0.197. The molecule has 1 aliphatic rings. The molecule has 0 aliphatic heterocycles. The molecule has 5 N–H and O–H groups in total. The van der Waals surface area contributed by atoms with Crippen LogP contribution in [-0.2, 0) is 15.8 Å². The van der Waals surface area contributed by atoms with Gasteiger partial charge in [-0.2, -0.15) is 0 Å². The Balaban J connectivity index is 2.06. The Morgan fingerprint density at radius 1 is 1.33 bits per heavy atom. The highest BCUT2D eigenvalue weighted by molar-refractivity contribution is 7.88. The SMILES string of the molecule is CC(CN)(NC(=O)c1ccc(CS(N)(=O)=O)cc1)C1CC1. The molecule has 6 nitrogen and oxygen atoms in total. The van der Waals surface area contributed by atoms with Crippen LogP contribution in [0.3, 0.4) is 0 Å². The molecule has 0 radical (unpaired) electrons. The van der Waals surface area contributed by atoms with E-state index in [9.17, 15) is 13.2 Å². The van der Waals surface area contributed by atoms with E-state index in [2.05, 4.69) is 5.32 Å². The normalized spacial score (nSPS) is 18.0. The van der Waals surface area contributed by atoms with Gasteiger partial charge in [0.15, 0.2) is 0 Å². The molecule has 2 rings (SSSR count). The average molecular weight is 311 g/mol. The fourth-order valence-electron chi connectivity index (χ4n) is 2.36. The summed E-state index contributed by atoms with van der Waals surface area (Å²) in [6.07, 6.45) is 2.17. The molecule has 1 aliphatic carbocycles. The van der Waals surface area contributed by atoms with Gasteiger partial charge in [0, 0.05) is 12.1 Å². The first-order valence-electron chi connectivity index (χ1n) is 6.85. The van der Waals surface area contributed by atoms with Crippen molar-refractivity contribution < 1.29 is 13.2 Å². The van der Waals surface area contributed by atoms with Gasteiger partial charge in [0.25, 0.3) is 5.91 Å². The zero-order valence-electron chi connectivity index (χ0n) is 12.0. The fraction of sp³-hybridized carbons (Fsp3) is 0.500. The molecule has 116 valence electrons. The summed E-state index contributed by atoms with van der Waals surface area (Å²) in [6, 6.07) is 6.38. The molecule has 1 amide bonds. The van der Waals surface area contributed by atoms with E-state index in [0.717, 1.165) is 12.8 Å². The molecule has 0 spiro atoms. The molecule has 1 atom stereocenters. The van der Waals surface area contributed by atoms with Crippen LogP contribution in [-0.4, -0.2) is 26.4 Å². The maximum absolute atomic E-state index is 12.2. The molecule has 1 aromatic rings. The van der Waals surface area contributed by atoms with Crippen LogP contribution >= 0.6 is 0 Å². The summed E-state index contributed by atoms with van der Waals surface area (Å²) < 4.78 is 22.0. The number of hydrogen-bond acceptors (Lipinski definition) is 4. The van der Waals surface area contributed by atoms with Crippen LogP contribution in [0.2, 0.25) is 0 Å². The Morgan fingerprint density at radius 3 is 2.33 bits per heavy atom. The van der Waals surface area contributed by atoms with Crippen molar-refractivity contribution >= 4 is 15.9 Å². The van der Waals surface area contributed by atoms with Crippen LogP contribution in [0.5, 0.6) is 0 Å². The molecule has 0 heterocycles. The molecule has 0 aromatic heterocycles. The number of carbonyl (C=O) groups excluding carboxylic acids is 1. The van der Waals surface area contributed by atoms with Crippen LogP contribution in [0.1, 0.15) is 35.7 Å². The Labute approximate surface area is 124 Å². The van der Waals surface area contributed by atoms with E-state index in [0.29, 0.717) is 23.6 Å². The standard InChI is InChI=1S/C14H21N3O3S/c1-14(9-15,12-6-7-12)17-13(18)11-4-2-10(3-5-11)8-21(16,19)20/h2-5,12H,6-9,15H2,1H3,(H,17,18)(H2,16,19,20). The van der Waals surface area contributed by atoms with Crippen LogP contribution in [0.4, 0.5) is 0 Å². The summed E-state index contributed by atoms with van der Waals surface area (Å²) in [4.78, 5) is 12.2. The largest absolute Gasteiger partial charge is 0.345 e. The van der Waals surface area contributed by atoms with Gasteiger partial charge in [0.2, 0.25) is 10.0 Å². The highest BCUT2D eigenvalue weighted by Crippen LogP contribution is 2.39. The van der Waals surface area contributed by atoms with Crippen LogP contribution in [0.25, 0.3) is 0 Å². The average Bonchev–Trinajstić information content (AvgIpc) is 3.22. The van der Waals surface area contributed by atoms with E-state index in [1.165, 1.54) is 0 Å². The van der Waals surface area contributed by atoms with E-state index < -0.39 is 10.0 Å². The van der Waals surface area contributed by atoms with Crippen LogP contribution < -0.4 is 16.2 Å². The summed E-state index contributed by atoms with van der Waals surface area (Å²) in [6.45, 7) is 2.35. The van der Waals surface area contributed by atoms with E-state index in [1.807, 2.05) is 6.92 Å². The third kappa shape index (κ3) is 4.26. The first-order valence-corrected chi connectivity index (χ1v) is 8.57. The summed E-state index contributed by atoms with van der Waals surface area (Å²) in [5.74, 6) is 0.00224. The van der Waals surface area contributed by atoms with Gasteiger partial charge in [-0.15, -0.1) is 0 Å². The summed E-state index contributed by atoms with van der Waals surface area (Å²) >= 11 is 0. The van der Waals surface area contributed by atoms with Crippen molar-refractivity contribution in [3.8, 4) is 0 Å². The monoisotopic (exact) mass is 311 g/mol. The molecule has 1 aromatic carbocycles. The first-order chi connectivity index (χ1) is 9.73. The number of hydrogen-bond donors (Lipinski definition) is 3. The number of benzene rings is 1. The number of sulfonamides is 1. The Bertz CT molecular complexity index is 623. The van der Waals surface area contributed by atoms with Gasteiger partial charge < -0.3 is 11.1 Å². The molecule has 0 saturated heterocycles. The zero-order chi connectivity index (χ0) is 15.7. The van der Waals surface area contributed by atoms with Crippen molar-refractivity contribution in [1.82, 2.24) is 5.32 Å². The quantitative estimate of drug-likeness (QED) is 0.702. The predicted molar refractivity (Wildman–Crippen MR) is 80.9 cm³/mol. The molecular formula is C14H21N3O3S. The topological polar surface area (TPSA) is 115 Å². The smallest absolute Gasteiger partial charge is 0.251 e. The van der Waals surface area contributed by atoms with Crippen molar-refractivity contribution in [2.45, 2.75) is 31.1 Å². The minimum Gasteiger partial charge on any atom is -0.345 e. The fourth-order valence-corrected chi connectivity index (χ4v) is 3.01. The van der Waals surface area contributed by atoms with Gasteiger partial charge in [0.05, 0.1) is 11.3 Å². The van der Waals surface area contributed by atoms with Crippen molar-refractivity contribution in [1.29, 1.82) is 0 Å². The molecule has 1 unspecified atom stereocenters. The maximum Gasteiger partial charge on any atom is 0.251 e. The highest BCUT2D eigenvalue weighted by Gasteiger charge is 2.41. The third-order valence-corrected chi connectivity index (χ3v) is 4.62. The first kappa shape index (κ1) is 15.9. The lowest BCUT2D eigenvalue weighted by Gasteiger charge is -2.29. The van der Waals surface area contributed by atoms with Crippen molar-refractivity contribution in [2.75, 3.05) is 6.54 Å². The number of rotatable bonds is 6. The second kappa shape index (κ2) is 5.75. The second-order valence-electron chi connectivity index (χ2n) is 5.85. The lowest BCUT2D eigenvalue weighted by Crippen LogP contribution is -2.53. The van der Waals surface area contributed by atoms with Crippen LogP contribution in [0.15, 0.2) is 24.3 Å². The summed E-state index contributed by atoms with van der Waals surface area (Å²) in [5, 5.41) is 7.97. The van der Waals surface area contributed by atoms with E-state index in [-0.39, 0.29) is 17.2 Å². The molecule has 21 heavy (non-hydrogen) atoms. The third-order valence-electron chi connectivity index (χ3n) is 3.89.